The van der Waals surface area contributed by atoms with Crippen molar-refractivity contribution in [1.29, 1.82) is 0 Å². The first-order chi connectivity index (χ1) is 5.11. The fourth-order valence-corrected chi connectivity index (χ4v) is 0.481. The Morgan fingerprint density at radius 1 is 1.82 bits per heavy atom. The molecule has 0 aromatic heterocycles. The van der Waals surface area contributed by atoms with Crippen LogP contribution in [0.4, 0.5) is 0 Å². The highest BCUT2D eigenvalue weighted by molar-refractivity contribution is 5.81. The number of carbonyl (C=O) groups is 1. The molecule has 0 aliphatic heterocycles. The summed E-state index contributed by atoms with van der Waals surface area (Å²) in [7, 11) is 0. The summed E-state index contributed by atoms with van der Waals surface area (Å²) in [5, 5.41) is 11.0. The second kappa shape index (κ2) is 4.81. The predicted octanol–water partition coefficient (Wildman–Crippen LogP) is -2.08. The average molecular weight is 159 g/mol. The van der Waals surface area contributed by atoms with Gasteiger partial charge in [0.15, 0.2) is 0 Å². The fourth-order valence-electron chi connectivity index (χ4n) is 0.481. The largest absolute Gasteiger partial charge is 0.391 e. The minimum atomic E-state index is -0.981. The van der Waals surface area contributed by atoms with Crippen molar-refractivity contribution in [3.05, 3.63) is 0 Å². The maximum atomic E-state index is 10.6. The van der Waals surface area contributed by atoms with E-state index in [0.717, 1.165) is 0 Å². The van der Waals surface area contributed by atoms with Crippen LogP contribution >= 0.6 is 0 Å². The van der Waals surface area contributed by atoms with Crippen molar-refractivity contribution in [3.63, 3.8) is 0 Å². The molecule has 5 nitrogen and oxygen atoms in total. The molecule has 2 atom stereocenters. The summed E-state index contributed by atoms with van der Waals surface area (Å²) in [6.07, 6.45) is 0.538. The molecular formula is C6H11N2O3. The normalized spacial score (nSPS) is 15.2. The minimum Gasteiger partial charge on any atom is -0.391 e. The third kappa shape index (κ3) is 3.69. The van der Waals surface area contributed by atoms with Crippen LogP contribution in [0.15, 0.2) is 0 Å². The standard InChI is InChI=1S/C6H11N2O3/c1-4(10)5(3-9)8-6(11)2-7/h4-5,10H,2,7H2,1H3,(H,8,11). The number of aliphatic hydroxyl groups is 1. The van der Waals surface area contributed by atoms with E-state index in [4.69, 9.17) is 10.8 Å². The Bertz CT molecular complexity index is 147. The Balaban J connectivity index is 3.87. The van der Waals surface area contributed by atoms with Crippen molar-refractivity contribution in [2.75, 3.05) is 6.54 Å². The van der Waals surface area contributed by atoms with Crippen LogP contribution < -0.4 is 11.1 Å². The molecule has 5 heteroatoms. The summed E-state index contributed by atoms with van der Waals surface area (Å²) in [5.74, 6) is -0.487. The number of hydrogen-bond acceptors (Lipinski definition) is 4. The SMILES string of the molecule is CC(O)C([C]=O)NC(=O)CN. The molecule has 0 rings (SSSR count). The van der Waals surface area contributed by atoms with Gasteiger partial charge in [0.1, 0.15) is 6.04 Å². The van der Waals surface area contributed by atoms with Crippen LogP contribution in [-0.4, -0.2) is 36.0 Å². The summed E-state index contributed by atoms with van der Waals surface area (Å²) in [6.45, 7) is 1.18. The van der Waals surface area contributed by atoms with E-state index in [9.17, 15) is 9.59 Å². The second-order valence-corrected chi connectivity index (χ2v) is 2.11. The van der Waals surface area contributed by atoms with Crippen LogP contribution in [-0.2, 0) is 9.59 Å². The summed E-state index contributed by atoms with van der Waals surface area (Å²) < 4.78 is 0. The first-order valence-corrected chi connectivity index (χ1v) is 3.17. The number of carbonyl (C=O) groups excluding carboxylic acids is 2. The summed E-state index contributed by atoms with van der Waals surface area (Å²) in [5.41, 5.74) is 4.95. The van der Waals surface area contributed by atoms with Crippen molar-refractivity contribution >= 4 is 12.2 Å². The average Bonchev–Trinajstić information content (AvgIpc) is 1.99. The van der Waals surface area contributed by atoms with Gasteiger partial charge in [0.05, 0.1) is 12.6 Å². The Kier molecular flexibility index (Phi) is 4.40. The monoisotopic (exact) mass is 159 g/mol. The number of nitrogens with two attached hydrogens (primary N) is 1. The second-order valence-electron chi connectivity index (χ2n) is 2.11. The van der Waals surface area contributed by atoms with Crippen molar-refractivity contribution in [2.45, 2.75) is 19.1 Å². The van der Waals surface area contributed by atoms with E-state index in [0.29, 0.717) is 0 Å². The molecule has 2 unspecified atom stereocenters. The topological polar surface area (TPSA) is 92.4 Å². The van der Waals surface area contributed by atoms with Gasteiger partial charge in [-0.05, 0) is 6.92 Å². The number of nitrogens with one attached hydrogen (secondary N) is 1. The first-order valence-electron chi connectivity index (χ1n) is 3.17. The molecule has 0 saturated carbocycles. The Hall–Kier alpha value is -0.940. The quantitative estimate of drug-likeness (QED) is 0.439. The van der Waals surface area contributed by atoms with E-state index in [2.05, 4.69) is 5.32 Å². The van der Waals surface area contributed by atoms with Gasteiger partial charge in [-0.15, -0.1) is 0 Å². The van der Waals surface area contributed by atoms with Gasteiger partial charge in [-0.3, -0.25) is 9.59 Å². The zero-order valence-electron chi connectivity index (χ0n) is 6.20. The van der Waals surface area contributed by atoms with Gasteiger partial charge in [0, 0.05) is 0 Å². The molecular weight excluding hydrogens is 148 g/mol. The molecule has 63 valence electrons. The molecule has 0 saturated heterocycles. The van der Waals surface area contributed by atoms with E-state index in [1.54, 1.807) is 0 Å². The first kappa shape index (κ1) is 10.1. The van der Waals surface area contributed by atoms with E-state index in [1.165, 1.54) is 13.2 Å². The number of rotatable bonds is 4. The third-order valence-electron chi connectivity index (χ3n) is 1.11. The molecule has 0 spiro atoms. The van der Waals surface area contributed by atoms with Crippen molar-refractivity contribution in [2.24, 2.45) is 5.73 Å². The predicted molar refractivity (Wildman–Crippen MR) is 38.4 cm³/mol. The van der Waals surface area contributed by atoms with Gasteiger partial charge in [0.25, 0.3) is 0 Å². The van der Waals surface area contributed by atoms with E-state index >= 15 is 0 Å². The molecule has 11 heavy (non-hydrogen) atoms. The smallest absolute Gasteiger partial charge is 0.234 e. The van der Waals surface area contributed by atoms with E-state index < -0.39 is 18.1 Å². The minimum absolute atomic E-state index is 0.203. The van der Waals surface area contributed by atoms with E-state index in [1.807, 2.05) is 0 Å². The molecule has 0 heterocycles. The lowest BCUT2D eigenvalue weighted by Crippen LogP contribution is -2.45. The van der Waals surface area contributed by atoms with Gasteiger partial charge in [-0.1, -0.05) is 0 Å². The van der Waals surface area contributed by atoms with Gasteiger partial charge < -0.3 is 16.2 Å². The number of amides is 1. The molecule has 1 radical (unpaired) electrons. The lowest BCUT2D eigenvalue weighted by atomic mass is 10.2. The number of aliphatic hydroxyl groups excluding tert-OH is 1. The Morgan fingerprint density at radius 2 is 2.36 bits per heavy atom. The summed E-state index contributed by atoms with van der Waals surface area (Å²) in [4.78, 5) is 20.6. The third-order valence-corrected chi connectivity index (χ3v) is 1.11. The van der Waals surface area contributed by atoms with E-state index in [-0.39, 0.29) is 6.54 Å². The van der Waals surface area contributed by atoms with Crippen molar-refractivity contribution in [3.8, 4) is 0 Å². The lowest BCUT2D eigenvalue weighted by molar-refractivity contribution is -0.120. The summed E-state index contributed by atoms with van der Waals surface area (Å²) in [6, 6.07) is -0.981. The lowest BCUT2D eigenvalue weighted by Gasteiger charge is -2.13. The molecule has 0 fully saturated rings. The van der Waals surface area contributed by atoms with Gasteiger partial charge in [-0.2, -0.15) is 0 Å². The Morgan fingerprint density at radius 3 is 2.64 bits per heavy atom. The number of hydrogen-bond donors (Lipinski definition) is 3. The van der Waals surface area contributed by atoms with Crippen LogP contribution in [0.5, 0.6) is 0 Å². The molecule has 0 aliphatic carbocycles. The van der Waals surface area contributed by atoms with Gasteiger partial charge in [-0.25, -0.2) is 0 Å². The molecule has 0 aliphatic rings. The molecule has 0 aromatic carbocycles. The van der Waals surface area contributed by atoms with Crippen LogP contribution in [0.25, 0.3) is 0 Å². The van der Waals surface area contributed by atoms with Crippen molar-refractivity contribution in [1.82, 2.24) is 5.32 Å². The van der Waals surface area contributed by atoms with Crippen LogP contribution in [0, 0.1) is 0 Å². The molecule has 0 aromatic rings. The fraction of sp³-hybridized carbons (Fsp3) is 0.667. The zero-order chi connectivity index (χ0) is 8.85. The molecule has 1 amide bonds. The van der Waals surface area contributed by atoms with Crippen LogP contribution in [0.2, 0.25) is 0 Å². The van der Waals surface area contributed by atoms with Crippen LogP contribution in [0.1, 0.15) is 6.92 Å². The molecule has 0 bridgehead atoms. The van der Waals surface area contributed by atoms with Crippen LogP contribution in [0.3, 0.4) is 0 Å². The summed E-state index contributed by atoms with van der Waals surface area (Å²) >= 11 is 0. The highest BCUT2D eigenvalue weighted by Crippen LogP contribution is 1.87. The molecule has 4 N–H and O–H groups in total. The van der Waals surface area contributed by atoms with Gasteiger partial charge >= 0.3 is 0 Å². The van der Waals surface area contributed by atoms with Crippen molar-refractivity contribution < 1.29 is 14.7 Å². The Labute approximate surface area is 64.6 Å². The maximum absolute atomic E-state index is 10.6. The zero-order valence-corrected chi connectivity index (χ0v) is 6.20. The highest BCUT2D eigenvalue weighted by Gasteiger charge is 2.16. The maximum Gasteiger partial charge on any atom is 0.234 e. The van der Waals surface area contributed by atoms with Gasteiger partial charge in [0.2, 0.25) is 12.2 Å². The highest BCUT2D eigenvalue weighted by atomic mass is 16.3.